The van der Waals surface area contributed by atoms with Crippen LogP contribution in [0.2, 0.25) is 5.02 Å². The van der Waals surface area contributed by atoms with Gasteiger partial charge in [-0.1, -0.05) is 18.5 Å². The number of nitrogens with zero attached hydrogens (tertiary/aromatic N) is 2. The lowest BCUT2D eigenvalue weighted by molar-refractivity contribution is 0.187. The maximum atomic E-state index is 5.79. The molecule has 0 bridgehead atoms. The Bertz CT molecular complexity index is 437. The van der Waals surface area contributed by atoms with E-state index in [1.807, 2.05) is 6.07 Å². The van der Waals surface area contributed by atoms with Crippen LogP contribution in [-0.2, 0) is 0 Å². The van der Waals surface area contributed by atoms with Crippen molar-refractivity contribution in [3.63, 3.8) is 0 Å². The maximum absolute atomic E-state index is 5.79. The fourth-order valence-corrected chi connectivity index (χ4v) is 2.75. The summed E-state index contributed by atoms with van der Waals surface area (Å²) in [5, 5.41) is 7.48. The summed E-state index contributed by atoms with van der Waals surface area (Å²) in [6.45, 7) is 6.59. The van der Waals surface area contributed by atoms with Gasteiger partial charge in [0.2, 0.25) is 0 Å². The highest BCUT2D eigenvalue weighted by atomic mass is 35.5. The molecular formula is C14H21ClN4S. The van der Waals surface area contributed by atoms with E-state index in [9.17, 15) is 0 Å². The van der Waals surface area contributed by atoms with Gasteiger partial charge in [0.1, 0.15) is 5.82 Å². The number of nitrogens with one attached hydrogen (secondary N) is 2. The van der Waals surface area contributed by atoms with E-state index in [0.717, 1.165) is 19.0 Å². The fraction of sp³-hybridized carbons (Fsp3) is 0.571. The molecule has 1 aliphatic rings. The molecule has 2 heterocycles. The van der Waals surface area contributed by atoms with Crippen LogP contribution >= 0.6 is 23.8 Å². The van der Waals surface area contributed by atoms with Crippen LogP contribution in [0, 0.1) is 5.92 Å². The third-order valence-corrected chi connectivity index (χ3v) is 3.89. The molecule has 1 aromatic heterocycles. The Kier molecular flexibility index (Phi) is 6.01. The van der Waals surface area contributed by atoms with E-state index in [1.54, 1.807) is 12.3 Å². The Hall–Kier alpha value is -0.910. The highest BCUT2D eigenvalue weighted by Gasteiger charge is 2.15. The van der Waals surface area contributed by atoms with E-state index >= 15 is 0 Å². The zero-order valence-corrected chi connectivity index (χ0v) is 13.3. The molecule has 0 amide bonds. The molecule has 1 saturated heterocycles. The van der Waals surface area contributed by atoms with E-state index < -0.39 is 0 Å². The number of likely N-dealkylation sites (tertiary alicyclic amines) is 1. The molecule has 0 spiro atoms. The standard InChI is InChI=1S/C14H21ClN4S/c1-11-3-2-7-19(10-11)8-6-16-14(20)18-13-5-4-12(15)9-17-13/h4-5,9,11H,2-3,6-8,10H2,1H3,(H2,16,17,18,20). The molecular weight excluding hydrogens is 292 g/mol. The van der Waals surface area contributed by atoms with Crippen LogP contribution in [0.3, 0.4) is 0 Å². The minimum absolute atomic E-state index is 0.602. The third-order valence-electron chi connectivity index (χ3n) is 3.42. The number of thiocarbonyl (C=S) groups is 1. The molecule has 1 aromatic rings. The number of aromatic nitrogens is 1. The van der Waals surface area contributed by atoms with Gasteiger partial charge >= 0.3 is 0 Å². The van der Waals surface area contributed by atoms with E-state index in [4.69, 9.17) is 23.8 Å². The molecule has 2 rings (SSSR count). The molecule has 2 N–H and O–H groups in total. The third kappa shape index (κ3) is 5.23. The van der Waals surface area contributed by atoms with Gasteiger partial charge < -0.3 is 15.5 Å². The van der Waals surface area contributed by atoms with Gasteiger partial charge in [0.25, 0.3) is 0 Å². The minimum atomic E-state index is 0.602. The molecule has 4 nitrogen and oxygen atoms in total. The van der Waals surface area contributed by atoms with Gasteiger partial charge in [-0.3, -0.25) is 0 Å². The van der Waals surface area contributed by atoms with Crippen molar-refractivity contribution in [2.24, 2.45) is 5.92 Å². The average molecular weight is 313 g/mol. The summed E-state index contributed by atoms with van der Waals surface area (Å²) < 4.78 is 0. The van der Waals surface area contributed by atoms with Crippen molar-refractivity contribution in [1.82, 2.24) is 15.2 Å². The molecule has 1 unspecified atom stereocenters. The van der Waals surface area contributed by atoms with Crippen molar-refractivity contribution in [3.8, 4) is 0 Å². The van der Waals surface area contributed by atoms with Gasteiger partial charge in [-0.15, -0.1) is 0 Å². The summed E-state index contributed by atoms with van der Waals surface area (Å²) in [6.07, 6.45) is 4.26. The van der Waals surface area contributed by atoms with E-state index in [0.29, 0.717) is 16.0 Å². The Morgan fingerprint density at radius 1 is 1.55 bits per heavy atom. The van der Waals surface area contributed by atoms with Crippen LogP contribution in [-0.4, -0.2) is 41.2 Å². The van der Waals surface area contributed by atoms with Gasteiger partial charge in [-0.2, -0.15) is 0 Å². The monoisotopic (exact) mass is 312 g/mol. The van der Waals surface area contributed by atoms with Crippen LogP contribution in [0.1, 0.15) is 19.8 Å². The second kappa shape index (κ2) is 7.76. The quantitative estimate of drug-likeness (QED) is 0.837. The Labute approximate surface area is 130 Å². The fourth-order valence-electron chi connectivity index (χ4n) is 2.43. The second-order valence-corrected chi connectivity index (χ2v) is 6.14. The molecule has 0 saturated carbocycles. The Morgan fingerprint density at radius 3 is 3.10 bits per heavy atom. The van der Waals surface area contributed by atoms with Crippen molar-refractivity contribution in [2.75, 3.05) is 31.5 Å². The summed E-state index contributed by atoms with van der Waals surface area (Å²) in [5.74, 6) is 1.52. The van der Waals surface area contributed by atoms with Gasteiger partial charge in [0.05, 0.1) is 5.02 Å². The molecule has 0 aliphatic carbocycles. The summed E-state index contributed by atoms with van der Waals surface area (Å²) >= 11 is 11.0. The van der Waals surface area contributed by atoms with Crippen molar-refractivity contribution in [2.45, 2.75) is 19.8 Å². The lowest BCUT2D eigenvalue weighted by atomic mass is 10.0. The van der Waals surface area contributed by atoms with Crippen molar-refractivity contribution >= 4 is 34.7 Å². The summed E-state index contributed by atoms with van der Waals surface area (Å²) in [5.41, 5.74) is 0. The molecule has 6 heteroatoms. The first-order chi connectivity index (χ1) is 9.63. The lowest BCUT2D eigenvalue weighted by Gasteiger charge is -2.30. The molecule has 20 heavy (non-hydrogen) atoms. The van der Waals surface area contributed by atoms with E-state index in [2.05, 4.69) is 27.4 Å². The number of piperidine rings is 1. The number of hydrogen-bond donors (Lipinski definition) is 2. The lowest BCUT2D eigenvalue weighted by Crippen LogP contribution is -2.41. The minimum Gasteiger partial charge on any atom is -0.361 e. The highest BCUT2D eigenvalue weighted by molar-refractivity contribution is 7.80. The second-order valence-electron chi connectivity index (χ2n) is 5.29. The predicted octanol–water partition coefficient (Wildman–Crippen LogP) is 2.75. The topological polar surface area (TPSA) is 40.2 Å². The first kappa shape index (κ1) is 15.5. The average Bonchev–Trinajstić information content (AvgIpc) is 2.41. The number of anilines is 1. The van der Waals surface area contributed by atoms with Crippen molar-refractivity contribution in [3.05, 3.63) is 23.4 Å². The van der Waals surface area contributed by atoms with Gasteiger partial charge in [0.15, 0.2) is 5.11 Å². The highest BCUT2D eigenvalue weighted by Crippen LogP contribution is 2.14. The summed E-state index contributed by atoms with van der Waals surface area (Å²) in [4.78, 5) is 6.64. The molecule has 1 atom stereocenters. The van der Waals surface area contributed by atoms with E-state index in [1.165, 1.54) is 25.9 Å². The molecule has 110 valence electrons. The SMILES string of the molecule is CC1CCCN(CCNC(=S)Nc2ccc(Cl)cn2)C1. The van der Waals surface area contributed by atoms with Gasteiger partial charge in [-0.25, -0.2) is 4.98 Å². The molecule has 0 aromatic carbocycles. The summed E-state index contributed by atoms with van der Waals surface area (Å²) in [6, 6.07) is 3.59. The van der Waals surface area contributed by atoms with Crippen LogP contribution in [0.15, 0.2) is 18.3 Å². The Balaban J connectivity index is 1.66. The zero-order valence-electron chi connectivity index (χ0n) is 11.7. The van der Waals surface area contributed by atoms with E-state index in [-0.39, 0.29) is 0 Å². The van der Waals surface area contributed by atoms with Gasteiger partial charge in [-0.05, 0) is 49.7 Å². The van der Waals surface area contributed by atoms with Crippen LogP contribution in [0.5, 0.6) is 0 Å². The normalized spacial score (nSPS) is 19.6. The van der Waals surface area contributed by atoms with Crippen molar-refractivity contribution < 1.29 is 0 Å². The number of rotatable bonds is 4. The van der Waals surface area contributed by atoms with Crippen LogP contribution < -0.4 is 10.6 Å². The van der Waals surface area contributed by atoms with Crippen molar-refractivity contribution in [1.29, 1.82) is 0 Å². The molecule has 0 radical (unpaired) electrons. The number of hydrogen-bond acceptors (Lipinski definition) is 3. The Morgan fingerprint density at radius 2 is 2.40 bits per heavy atom. The molecule has 1 fully saturated rings. The summed E-state index contributed by atoms with van der Waals surface area (Å²) in [7, 11) is 0. The predicted molar refractivity (Wildman–Crippen MR) is 88.3 cm³/mol. The number of halogens is 1. The number of pyridine rings is 1. The zero-order chi connectivity index (χ0) is 14.4. The largest absolute Gasteiger partial charge is 0.361 e. The first-order valence-corrected chi connectivity index (χ1v) is 7.81. The molecule has 1 aliphatic heterocycles. The van der Waals surface area contributed by atoms with Gasteiger partial charge in [0, 0.05) is 25.8 Å². The maximum Gasteiger partial charge on any atom is 0.171 e. The first-order valence-electron chi connectivity index (χ1n) is 7.02. The van der Waals surface area contributed by atoms with Crippen LogP contribution in [0.4, 0.5) is 5.82 Å². The smallest absolute Gasteiger partial charge is 0.171 e. The van der Waals surface area contributed by atoms with Crippen LogP contribution in [0.25, 0.3) is 0 Å².